The molecule has 3 atom stereocenters. The van der Waals surface area contributed by atoms with E-state index in [-0.39, 0.29) is 17.9 Å². The Balaban J connectivity index is 1.70. The molecule has 2 aliphatic rings. The zero-order chi connectivity index (χ0) is 20.5. The first-order valence-electron chi connectivity index (χ1n) is 10.1. The van der Waals surface area contributed by atoms with Gasteiger partial charge in [-0.25, -0.2) is 4.68 Å². The van der Waals surface area contributed by atoms with E-state index in [0.717, 1.165) is 25.7 Å². The molecule has 0 aromatic carbocycles. The first kappa shape index (κ1) is 20.7. The highest BCUT2D eigenvalue weighted by Crippen LogP contribution is 2.38. The fourth-order valence-electron chi connectivity index (χ4n) is 4.64. The molecule has 9 nitrogen and oxygen atoms in total. The summed E-state index contributed by atoms with van der Waals surface area (Å²) < 4.78 is 1.71. The van der Waals surface area contributed by atoms with Crippen molar-refractivity contribution >= 4 is 11.8 Å². The Morgan fingerprint density at radius 2 is 2.00 bits per heavy atom. The molecule has 0 saturated heterocycles. The second-order valence-electron chi connectivity index (χ2n) is 8.80. The van der Waals surface area contributed by atoms with Gasteiger partial charge >= 0.3 is 0 Å². The zero-order valence-corrected chi connectivity index (χ0v) is 16.6. The Bertz CT molecular complexity index is 720. The van der Waals surface area contributed by atoms with E-state index in [2.05, 4.69) is 15.6 Å². The molecule has 1 heterocycles. The van der Waals surface area contributed by atoms with Gasteiger partial charge in [-0.3, -0.25) is 9.59 Å². The Labute approximate surface area is 164 Å². The van der Waals surface area contributed by atoms with Crippen LogP contribution in [0.1, 0.15) is 76.9 Å². The van der Waals surface area contributed by atoms with Gasteiger partial charge in [0.25, 0.3) is 0 Å². The monoisotopic (exact) mass is 393 g/mol. The van der Waals surface area contributed by atoms with E-state index >= 15 is 0 Å². The molecule has 1 aromatic rings. The molecule has 0 aliphatic heterocycles. The summed E-state index contributed by atoms with van der Waals surface area (Å²) in [6.45, 7) is 3.36. The Morgan fingerprint density at radius 1 is 1.32 bits per heavy atom. The van der Waals surface area contributed by atoms with Crippen LogP contribution in [0.2, 0.25) is 0 Å². The van der Waals surface area contributed by atoms with Crippen LogP contribution >= 0.6 is 0 Å². The van der Waals surface area contributed by atoms with E-state index in [0.29, 0.717) is 31.4 Å². The van der Waals surface area contributed by atoms with Gasteiger partial charge < -0.3 is 21.3 Å². The summed E-state index contributed by atoms with van der Waals surface area (Å²) in [6.07, 6.45) is 5.94. The summed E-state index contributed by atoms with van der Waals surface area (Å²) in [6, 6.07) is -0.0250. The van der Waals surface area contributed by atoms with Crippen molar-refractivity contribution in [2.75, 3.05) is 0 Å². The van der Waals surface area contributed by atoms with Crippen molar-refractivity contribution in [3.8, 4) is 0 Å². The van der Waals surface area contributed by atoms with E-state index < -0.39 is 23.2 Å². The molecular formula is C19H31N5O4. The van der Waals surface area contributed by atoms with Gasteiger partial charge in [0.1, 0.15) is 5.60 Å². The third kappa shape index (κ3) is 4.05. The Kier molecular flexibility index (Phi) is 5.77. The lowest BCUT2D eigenvalue weighted by atomic mass is 9.77. The average Bonchev–Trinajstić information content (AvgIpc) is 3.30. The van der Waals surface area contributed by atoms with Crippen LogP contribution < -0.4 is 11.1 Å². The number of carbonyl (C=O) groups is 2. The van der Waals surface area contributed by atoms with Crippen LogP contribution in [0.3, 0.4) is 0 Å². The number of nitrogens with zero attached hydrogens (tertiary/aromatic N) is 3. The number of nitrogens with two attached hydrogens (primary N) is 1. The smallest absolute Gasteiger partial charge is 0.248 e. The highest BCUT2D eigenvalue weighted by molar-refractivity contribution is 5.84. The minimum atomic E-state index is -1.38. The number of hydrogen-bond acceptors (Lipinski definition) is 6. The molecular weight excluding hydrogens is 362 g/mol. The maximum absolute atomic E-state index is 13.0. The summed E-state index contributed by atoms with van der Waals surface area (Å²) in [4.78, 5) is 24.6. The van der Waals surface area contributed by atoms with E-state index in [1.807, 2.05) is 0 Å². The zero-order valence-electron chi connectivity index (χ0n) is 16.6. The molecule has 1 unspecified atom stereocenters. The number of primary amides is 1. The first-order chi connectivity index (χ1) is 13.1. The molecule has 156 valence electrons. The lowest BCUT2D eigenvalue weighted by molar-refractivity contribution is -0.136. The van der Waals surface area contributed by atoms with Crippen LogP contribution in [0.5, 0.6) is 0 Å². The van der Waals surface area contributed by atoms with E-state index in [4.69, 9.17) is 5.73 Å². The number of carbonyl (C=O) groups excluding carboxylic acids is 2. The van der Waals surface area contributed by atoms with Crippen LogP contribution in [-0.4, -0.2) is 48.7 Å². The third-order valence-electron chi connectivity index (χ3n) is 6.23. The van der Waals surface area contributed by atoms with Gasteiger partial charge in [-0.15, -0.1) is 5.10 Å². The largest absolute Gasteiger partial charge is 0.384 e. The molecule has 9 heteroatoms. The molecule has 0 radical (unpaired) electrons. The average molecular weight is 393 g/mol. The molecule has 0 spiro atoms. The van der Waals surface area contributed by atoms with E-state index in [1.54, 1.807) is 24.7 Å². The van der Waals surface area contributed by atoms with Crippen LogP contribution in [0.4, 0.5) is 0 Å². The van der Waals surface area contributed by atoms with Crippen molar-refractivity contribution in [3.05, 3.63) is 11.9 Å². The van der Waals surface area contributed by atoms with Gasteiger partial charge in [0.05, 0.1) is 23.5 Å². The maximum atomic E-state index is 13.0. The highest BCUT2D eigenvalue weighted by Gasteiger charge is 2.45. The third-order valence-corrected chi connectivity index (χ3v) is 6.23. The Morgan fingerprint density at radius 3 is 2.61 bits per heavy atom. The number of aliphatic hydroxyl groups is 2. The second-order valence-corrected chi connectivity index (χ2v) is 8.80. The minimum absolute atomic E-state index is 0.0250. The molecule has 5 N–H and O–H groups in total. The molecule has 2 saturated carbocycles. The standard InChI is InChI=1S/C19H31N5O4/c1-18(2,28)14-11-21-23-24(14)13-7-6-12(10-13)17(27)22-19(15(25)16(20)26)8-4-3-5-9-19/h11-13,15,25,28H,3-10H2,1-2H3,(H2,20,26)(H,22,27)/t12-,13+,15?/m0/s1. The highest BCUT2D eigenvalue weighted by atomic mass is 16.3. The van der Waals surface area contributed by atoms with Gasteiger partial charge in [0, 0.05) is 5.92 Å². The van der Waals surface area contributed by atoms with Gasteiger partial charge in [-0.2, -0.15) is 0 Å². The fraction of sp³-hybridized carbons (Fsp3) is 0.789. The number of nitrogens with one attached hydrogen (secondary N) is 1. The van der Waals surface area contributed by atoms with Crippen molar-refractivity contribution in [3.63, 3.8) is 0 Å². The van der Waals surface area contributed by atoms with Crippen LogP contribution in [0.25, 0.3) is 0 Å². The SMILES string of the molecule is CC(C)(O)c1cnnn1[C@@H]1CC[C@H](C(=O)NC2(C(O)C(N)=O)CCCCC2)C1. The summed E-state index contributed by atoms with van der Waals surface area (Å²) >= 11 is 0. The molecule has 3 rings (SSSR count). The predicted molar refractivity (Wildman–Crippen MR) is 101 cm³/mol. The lowest BCUT2D eigenvalue weighted by Crippen LogP contribution is -2.62. The summed E-state index contributed by atoms with van der Waals surface area (Å²) in [5.41, 5.74) is 3.92. The number of hydrogen-bond donors (Lipinski definition) is 4. The summed E-state index contributed by atoms with van der Waals surface area (Å²) in [5.74, 6) is -1.21. The normalized spacial score (nSPS) is 26.0. The first-order valence-corrected chi connectivity index (χ1v) is 10.1. The molecule has 2 amide bonds. The molecule has 2 aliphatic carbocycles. The maximum Gasteiger partial charge on any atom is 0.248 e. The number of amides is 2. The predicted octanol–water partition coefficient (Wildman–Crippen LogP) is 0.512. The fourth-order valence-corrected chi connectivity index (χ4v) is 4.64. The van der Waals surface area contributed by atoms with Crippen molar-refractivity contribution in [2.24, 2.45) is 11.7 Å². The second kappa shape index (κ2) is 7.79. The van der Waals surface area contributed by atoms with Gasteiger partial charge in [0.2, 0.25) is 11.8 Å². The Hall–Kier alpha value is -2.00. The molecule has 0 bridgehead atoms. The number of aliphatic hydroxyl groups excluding tert-OH is 1. The van der Waals surface area contributed by atoms with Gasteiger partial charge in [-0.05, 0) is 46.0 Å². The quantitative estimate of drug-likeness (QED) is 0.554. The summed E-state index contributed by atoms with van der Waals surface area (Å²) in [5, 5.41) is 31.7. The van der Waals surface area contributed by atoms with Crippen LogP contribution in [0.15, 0.2) is 6.20 Å². The van der Waals surface area contributed by atoms with Crippen molar-refractivity contribution < 1.29 is 19.8 Å². The van der Waals surface area contributed by atoms with Crippen molar-refractivity contribution in [1.82, 2.24) is 20.3 Å². The number of rotatable bonds is 6. The topological polar surface area (TPSA) is 143 Å². The lowest BCUT2D eigenvalue weighted by Gasteiger charge is -2.41. The van der Waals surface area contributed by atoms with Crippen LogP contribution in [-0.2, 0) is 15.2 Å². The van der Waals surface area contributed by atoms with Gasteiger partial charge in [0.15, 0.2) is 6.10 Å². The molecule has 28 heavy (non-hydrogen) atoms. The molecule has 1 aromatic heterocycles. The summed E-state index contributed by atoms with van der Waals surface area (Å²) in [7, 11) is 0. The van der Waals surface area contributed by atoms with Gasteiger partial charge in [-0.1, -0.05) is 24.5 Å². The minimum Gasteiger partial charge on any atom is -0.384 e. The van der Waals surface area contributed by atoms with Crippen molar-refractivity contribution in [2.45, 2.75) is 88.5 Å². The van der Waals surface area contributed by atoms with Crippen molar-refractivity contribution in [1.29, 1.82) is 0 Å². The van der Waals surface area contributed by atoms with E-state index in [1.165, 1.54) is 0 Å². The van der Waals surface area contributed by atoms with E-state index in [9.17, 15) is 19.8 Å². The molecule has 2 fully saturated rings. The van der Waals surface area contributed by atoms with Crippen LogP contribution in [0, 0.1) is 5.92 Å². The number of aromatic nitrogens is 3.